The molecule has 4 N–H and O–H groups in total. The van der Waals surface area contributed by atoms with Gasteiger partial charge in [0.1, 0.15) is 28.9 Å². The topological polar surface area (TPSA) is 178 Å². The van der Waals surface area contributed by atoms with Crippen LogP contribution in [0.5, 0.6) is 17.2 Å². The van der Waals surface area contributed by atoms with Crippen molar-refractivity contribution in [3.63, 3.8) is 0 Å². The number of aliphatic hydroxyl groups is 1. The summed E-state index contributed by atoms with van der Waals surface area (Å²) in [5, 5.41) is 34.9. The third-order valence-electron chi connectivity index (χ3n) is 11.0. The first-order chi connectivity index (χ1) is 32.6. The Hall–Kier alpha value is -5.33. The van der Waals surface area contributed by atoms with Gasteiger partial charge in [0.2, 0.25) is 0 Å². The summed E-state index contributed by atoms with van der Waals surface area (Å²) in [6.45, 7) is 0. The van der Waals surface area contributed by atoms with E-state index in [0.29, 0.717) is 32.7 Å². The summed E-state index contributed by atoms with van der Waals surface area (Å²) in [6.07, 6.45) is 14.3. The molecule has 0 spiro atoms. The van der Waals surface area contributed by atoms with E-state index in [0.717, 1.165) is 65.6 Å². The molecule has 17 heteroatoms. The van der Waals surface area contributed by atoms with Gasteiger partial charge in [-0.2, -0.15) is 0 Å². The minimum atomic E-state index is -1.51. The van der Waals surface area contributed by atoms with Crippen molar-refractivity contribution in [3.8, 4) is 28.4 Å². The van der Waals surface area contributed by atoms with E-state index in [-0.39, 0.29) is 35.6 Å². The van der Waals surface area contributed by atoms with Crippen LogP contribution in [0.2, 0.25) is 0 Å². The number of aromatic hydroxyl groups is 1. The molecule has 68 heavy (non-hydrogen) atoms. The predicted octanol–water partition coefficient (Wildman–Crippen LogP) is 10.5. The van der Waals surface area contributed by atoms with E-state index in [4.69, 9.17) is 34.5 Å². The van der Waals surface area contributed by atoms with Crippen molar-refractivity contribution in [2.45, 2.75) is 95.4 Å². The fourth-order valence-corrected chi connectivity index (χ4v) is 8.09. The highest BCUT2D eigenvalue weighted by Crippen LogP contribution is 2.35. The average Bonchev–Trinajstić information content (AvgIpc) is 4.17. The Kier molecular flexibility index (Phi) is 23.5. The summed E-state index contributed by atoms with van der Waals surface area (Å²) < 4.78 is 52.6. The van der Waals surface area contributed by atoms with Crippen LogP contribution < -0.4 is 14.9 Å². The van der Waals surface area contributed by atoms with Crippen molar-refractivity contribution in [1.29, 1.82) is 0 Å². The zero-order valence-corrected chi connectivity index (χ0v) is 41.3. The number of rotatable bonds is 9. The van der Waals surface area contributed by atoms with Crippen LogP contribution in [-0.2, 0) is 14.2 Å². The molecule has 8 rings (SSSR count). The van der Waals surface area contributed by atoms with E-state index < -0.39 is 19.1 Å². The molecular formula is C51H57BBr2F2O12. The van der Waals surface area contributed by atoms with Gasteiger partial charge in [0.05, 0.1) is 65.3 Å². The second kappa shape index (κ2) is 28.9. The molecule has 0 unspecified atom stereocenters. The third-order valence-corrected chi connectivity index (χ3v) is 12.2. The fraction of sp³-hybridized carbons (Fsp3) is 0.353. The SMILES string of the molecule is COC(=O)c1ccc(O)c(Br)c1.COC(=O)c1ccc(OC2CCCC2)c(-c2ccc(F)cc2)c1.COC(=O)c1ccc(OC2CCCC2)c(Br)c1.OB(O)c1ccc(F)cc1.OC1CCCC1. The van der Waals surface area contributed by atoms with Gasteiger partial charge in [-0.05, 0) is 186 Å². The molecule has 3 fully saturated rings. The molecule has 3 aliphatic carbocycles. The van der Waals surface area contributed by atoms with E-state index in [1.807, 2.05) is 6.07 Å². The Morgan fingerprint density at radius 2 is 0.941 bits per heavy atom. The van der Waals surface area contributed by atoms with E-state index in [1.165, 1.54) is 114 Å². The number of carbonyl (C=O) groups is 3. The summed E-state index contributed by atoms with van der Waals surface area (Å²) in [7, 11) is 2.52. The van der Waals surface area contributed by atoms with E-state index >= 15 is 0 Å². The Bertz CT molecular complexity index is 2350. The number of phenols is 1. The molecule has 0 bridgehead atoms. The summed E-state index contributed by atoms with van der Waals surface area (Å²) in [4.78, 5) is 34.1. The van der Waals surface area contributed by atoms with Crippen LogP contribution in [0.4, 0.5) is 8.78 Å². The van der Waals surface area contributed by atoms with Crippen LogP contribution in [0, 0.1) is 11.6 Å². The highest BCUT2D eigenvalue weighted by atomic mass is 79.9. The van der Waals surface area contributed by atoms with Crippen molar-refractivity contribution < 1.29 is 67.1 Å². The molecule has 0 heterocycles. The lowest BCUT2D eigenvalue weighted by atomic mass is 9.80. The standard InChI is InChI=1S/C19H19FO3.C13H15BrO3.C8H7BrO3.C6H6BFO2.C5H10O/c1-22-19(21)14-8-11-18(23-16-4-2-3-5-16)17(12-14)13-6-9-15(20)10-7-13;1-16-13(15)9-6-7-12(11(14)8-9)17-10-4-2-3-5-10;1-12-8(11)5-2-3-7(10)6(9)4-5;8-6-3-1-5(2-4-6)7(9)10;6-5-3-1-2-4-5/h6-12,16H,2-5H2,1H3;6-8,10H,2-5H2,1H3;2-4,10H,1H3;1-4,9-10H;5-6H,1-4H2. The Balaban J connectivity index is 0.000000198. The largest absolute Gasteiger partial charge is 0.507 e. The minimum Gasteiger partial charge on any atom is -0.507 e. The van der Waals surface area contributed by atoms with Gasteiger partial charge in [0.15, 0.2) is 0 Å². The average molecular weight is 1070 g/mol. The van der Waals surface area contributed by atoms with Gasteiger partial charge >= 0.3 is 25.0 Å². The minimum absolute atomic E-state index is 0.0463. The van der Waals surface area contributed by atoms with Crippen LogP contribution in [0.3, 0.4) is 0 Å². The quantitative estimate of drug-likeness (QED) is 0.0625. The lowest BCUT2D eigenvalue weighted by molar-refractivity contribution is 0.0591. The summed E-state index contributed by atoms with van der Waals surface area (Å²) in [5.74, 6) is -0.224. The van der Waals surface area contributed by atoms with E-state index in [2.05, 4.69) is 41.3 Å². The third kappa shape index (κ3) is 18.3. The summed E-state index contributed by atoms with van der Waals surface area (Å²) in [5.41, 5.74) is 3.26. The van der Waals surface area contributed by atoms with Gasteiger partial charge in [-0.3, -0.25) is 0 Å². The van der Waals surface area contributed by atoms with Crippen LogP contribution in [0.25, 0.3) is 11.1 Å². The second-order valence-electron chi connectivity index (χ2n) is 15.9. The van der Waals surface area contributed by atoms with Crippen LogP contribution >= 0.6 is 31.9 Å². The lowest BCUT2D eigenvalue weighted by Gasteiger charge is -2.17. The second-order valence-corrected chi connectivity index (χ2v) is 17.6. The number of methoxy groups -OCH3 is 3. The number of phenolic OH excluding ortho intramolecular Hbond substituents is 1. The molecule has 0 atom stereocenters. The predicted molar refractivity (Wildman–Crippen MR) is 262 cm³/mol. The zero-order valence-electron chi connectivity index (χ0n) is 38.2. The van der Waals surface area contributed by atoms with Crippen LogP contribution in [0.1, 0.15) is 108 Å². The summed E-state index contributed by atoms with van der Waals surface area (Å²) in [6, 6.07) is 26.1. The normalized spacial score (nSPS) is 14.3. The van der Waals surface area contributed by atoms with Crippen molar-refractivity contribution in [2.24, 2.45) is 0 Å². The van der Waals surface area contributed by atoms with E-state index in [9.17, 15) is 23.2 Å². The van der Waals surface area contributed by atoms with Crippen molar-refractivity contribution in [1.82, 2.24) is 0 Å². The number of carbonyl (C=O) groups excluding carboxylic acids is 3. The smallest absolute Gasteiger partial charge is 0.488 e. The molecular weight excluding hydrogens is 1010 g/mol. The maximum absolute atomic E-state index is 13.2. The number of aliphatic hydroxyl groups excluding tert-OH is 1. The van der Waals surface area contributed by atoms with Gasteiger partial charge in [-0.1, -0.05) is 37.1 Å². The number of hydrogen-bond donors (Lipinski definition) is 4. The number of halogens is 4. The monoisotopic (exact) mass is 1070 g/mol. The highest BCUT2D eigenvalue weighted by molar-refractivity contribution is 9.11. The van der Waals surface area contributed by atoms with Gasteiger partial charge in [0.25, 0.3) is 0 Å². The van der Waals surface area contributed by atoms with Gasteiger partial charge in [0, 0.05) is 5.56 Å². The highest BCUT2D eigenvalue weighted by Gasteiger charge is 2.21. The molecule has 3 saturated carbocycles. The first kappa shape index (κ1) is 55.3. The van der Waals surface area contributed by atoms with Crippen molar-refractivity contribution in [3.05, 3.63) is 140 Å². The molecule has 364 valence electrons. The molecule has 0 aromatic heterocycles. The fourth-order valence-electron chi connectivity index (χ4n) is 7.24. The van der Waals surface area contributed by atoms with E-state index in [1.54, 1.807) is 42.5 Å². The maximum Gasteiger partial charge on any atom is 0.488 e. The number of ether oxygens (including phenoxy) is 5. The van der Waals surface area contributed by atoms with Crippen molar-refractivity contribution in [2.75, 3.05) is 21.3 Å². The van der Waals surface area contributed by atoms with Crippen LogP contribution in [-0.4, -0.2) is 84.9 Å². The zero-order chi connectivity index (χ0) is 49.6. The lowest BCUT2D eigenvalue weighted by Crippen LogP contribution is -2.29. The number of esters is 3. The van der Waals surface area contributed by atoms with Gasteiger partial charge in [-0.25, -0.2) is 23.2 Å². The molecule has 5 aromatic rings. The number of benzene rings is 5. The first-order valence-electron chi connectivity index (χ1n) is 22.2. The van der Waals surface area contributed by atoms with Gasteiger partial charge < -0.3 is 43.9 Å². The maximum atomic E-state index is 13.2. The Morgan fingerprint density at radius 1 is 0.544 bits per heavy atom. The molecule has 0 radical (unpaired) electrons. The number of hydrogen-bond acceptors (Lipinski definition) is 12. The molecule has 0 aliphatic heterocycles. The van der Waals surface area contributed by atoms with Gasteiger partial charge in [-0.15, -0.1) is 0 Å². The Labute approximate surface area is 413 Å². The van der Waals surface area contributed by atoms with Crippen LogP contribution in [0.15, 0.2) is 112 Å². The molecule has 12 nitrogen and oxygen atoms in total. The Morgan fingerprint density at radius 3 is 1.35 bits per heavy atom. The first-order valence-corrected chi connectivity index (χ1v) is 23.8. The summed E-state index contributed by atoms with van der Waals surface area (Å²) >= 11 is 6.50. The molecule has 5 aromatic carbocycles. The molecule has 3 aliphatic rings. The molecule has 0 amide bonds. The van der Waals surface area contributed by atoms with Crippen molar-refractivity contribution >= 4 is 62.3 Å². The molecule has 0 saturated heterocycles.